The molecule has 1 aromatic rings. The predicted molar refractivity (Wildman–Crippen MR) is 105 cm³/mol. The van der Waals surface area contributed by atoms with Gasteiger partial charge in [0, 0.05) is 32.0 Å². The molecule has 28 heavy (non-hydrogen) atoms. The van der Waals surface area contributed by atoms with Gasteiger partial charge in [-0.15, -0.1) is 11.8 Å². The van der Waals surface area contributed by atoms with E-state index in [-0.39, 0.29) is 34.3 Å². The maximum atomic E-state index is 12.5. The number of aliphatic imine (C=N–C) groups is 1. The minimum absolute atomic E-state index is 0.0358. The molecule has 2 aliphatic heterocycles. The van der Waals surface area contributed by atoms with Crippen molar-refractivity contribution in [3.63, 3.8) is 0 Å². The van der Waals surface area contributed by atoms with E-state index in [4.69, 9.17) is 16.3 Å². The van der Waals surface area contributed by atoms with Crippen LogP contribution in [-0.2, 0) is 20.9 Å². The van der Waals surface area contributed by atoms with Gasteiger partial charge in [-0.25, -0.2) is 4.79 Å². The Bertz CT molecular complexity index is 871. The Balaban J connectivity index is 1.67. The van der Waals surface area contributed by atoms with Crippen LogP contribution in [0.25, 0.3) is 0 Å². The van der Waals surface area contributed by atoms with Gasteiger partial charge in [-0.2, -0.15) is 0 Å². The normalized spacial score (nSPS) is 21.4. The molecular weight excluding hydrogens is 408 g/mol. The molecule has 0 aliphatic carbocycles. The van der Waals surface area contributed by atoms with E-state index in [9.17, 15) is 19.7 Å². The molecule has 0 unspecified atom stereocenters. The highest BCUT2D eigenvalue weighted by atomic mass is 35.5. The summed E-state index contributed by atoms with van der Waals surface area (Å²) in [7, 11) is 3.60. The van der Waals surface area contributed by atoms with Gasteiger partial charge < -0.3 is 9.64 Å². The second-order valence-electron chi connectivity index (χ2n) is 6.34. The lowest BCUT2D eigenvalue weighted by Crippen LogP contribution is -2.64. The number of hydrogen-bond acceptors (Lipinski definition) is 7. The van der Waals surface area contributed by atoms with Crippen LogP contribution in [0.1, 0.15) is 5.56 Å². The molecule has 0 radical (unpaired) electrons. The van der Waals surface area contributed by atoms with E-state index in [1.165, 1.54) is 40.9 Å². The topological polar surface area (TPSA) is 105 Å². The second-order valence-corrected chi connectivity index (χ2v) is 7.90. The molecule has 1 fully saturated rings. The highest BCUT2D eigenvalue weighted by molar-refractivity contribution is 8.00. The van der Waals surface area contributed by atoms with Crippen LogP contribution in [0.4, 0.5) is 5.69 Å². The number of nitro groups is 1. The monoisotopic (exact) mass is 424 g/mol. The minimum atomic E-state index is -0.711. The van der Waals surface area contributed by atoms with Crippen molar-refractivity contribution in [3.05, 3.63) is 50.7 Å². The highest BCUT2D eigenvalue weighted by Crippen LogP contribution is 2.42. The lowest BCUT2D eigenvalue weighted by atomic mass is 10.1. The van der Waals surface area contributed by atoms with E-state index in [1.807, 2.05) is 0 Å². The van der Waals surface area contributed by atoms with Crippen LogP contribution in [0, 0.1) is 10.1 Å². The Hall–Kier alpha value is -2.59. The Morgan fingerprint density at radius 2 is 2.14 bits per heavy atom. The summed E-state index contributed by atoms with van der Waals surface area (Å²) in [4.78, 5) is 42.5. The van der Waals surface area contributed by atoms with Crippen molar-refractivity contribution < 1.29 is 19.2 Å². The van der Waals surface area contributed by atoms with E-state index < -0.39 is 16.9 Å². The number of rotatable bonds is 6. The molecule has 0 bridgehead atoms. The molecule has 0 spiro atoms. The van der Waals surface area contributed by atoms with E-state index >= 15 is 0 Å². The van der Waals surface area contributed by atoms with Gasteiger partial charge in [0.1, 0.15) is 17.7 Å². The maximum absolute atomic E-state index is 12.5. The SMILES string of the molecule is CN(C)/C=N/[C@@H]1C(=O)N2C(C(=O)OCc3ccc([N+](=O)[O-])cc3)=C(Cl)CS[C@H]12. The molecule has 2 aliphatic rings. The van der Waals surface area contributed by atoms with Crippen LogP contribution in [0.5, 0.6) is 0 Å². The fraction of sp³-hybridized carbons (Fsp3) is 0.353. The number of amides is 1. The summed E-state index contributed by atoms with van der Waals surface area (Å²) in [6, 6.07) is 5.10. The van der Waals surface area contributed by atoms with Gasteiger partial charge in [0.05, 0.1) is 16.3 Å². The minimum Gasteiger partial charge on any atom is -0.456 e. The van der Waals surface area contributed by atoms with Crippen molar-refractivity contribution in [2.24, 2.45) is 4.99 Å². The largest absolute Gasteiger partial charge is 0.456 e. The number of benzene rings is 1. The lowest BCUT2D eigenvalue weighted by molar-refractivity contribution is -0.384. The van der Waals surface area contributed by atoms with Crippen molar-refractivity contribution in [1.82, 2.24) is 9.80 Å². The molecule has 2 heterocycles. The number of hydrogen-bond donors (Lipinski definition) is 0. The molecule has 2 atom stereocenters. The number of carbonyl (C=O) groups is 2. The van der Waals surface area contributed by atoms with Gasteiger partial charge >= 0.3 is 5.97 Å². The number of non-ortho nitro benzene ring substituents is 1. The molecule has 1 saturated heterocycles. The number of ether oxygens (including phenoxy) is 1. The summed E-state index contributed by atoms with van der Waals surface area (Å²) in [5.74, 6) is -0.640. The average Bonchev–Trinajstić information content (AvgIpc) is 2.66. The third-order valence-corrected chi connectivity index (χ3v) is 5.80. The molecule has 3 rings (SSSR count). The third kappa shape index (κ3) is 3.97. The molecule has 0 saturated carbocycles. The fourth-order valence-corrected chi connectivity index (χ4v) is 4.23. The summed E-state index contributed by atoms with van der Waals surface area (Å²) in [6.45, 7) is -0.0907. The molecule has 0 N–H and O–H groups in total. The molecule has 11 heteroatoms. The van der Waals surface area contributed by atoms with E-state index in [0.717, 1.165) is 0 Å². The molecule has 0 aromatic heterocycles. The molecule has 148 valence electrons. The van der Waals surface area contributed by atoms with Crippen molar-refractivity contribution in [3.8, 4) is 0 Å². The van der Waals surface area contributed by atoms with Gasteiger partial charge in [-0.05, 0) is 17.7 Å². The van der Waals surface area contributed by atoms with Crippen molar-refractivity contribution in [1.29, 1.82) is 0 Å². The Kier molecular flexibility index (Phi) is 5.90. The fourth-order valence-electron chi connectivity index (χ4n) is 2.69. The number of thioether (sulfide) groups is 1. The summed E-state index contributed by atoms with van der Waals surface area (Å²) < 4.78 is 5.27. The number of β-lactam (4-membered cyclic amide) rings is 1. The van der Waals surface area contributed by atoms with Crippen LogP contribution < -0.4 is 0 Å². The zero-order valence-electron chi connectivity index (χ0n) is 15.1. The van der Waals surface area contributed by atoms with Crippen LogP contribution in [0.2, 0.25) is 0 Å². The predicted octanol–water partition coefficient (Wildman–Crippen LogP) is 1.96. The second kappa shape index (κ2) is 8.19. The van der Waals surface area contributed by atoms with E-state index in [2.05, 4.69) is 4.99 Å². The highest BCUT2D eigenvalue weighted by Gasteiger charge is 2.53. The number of carbonyl (C=O) groups excluding carboxylic acids is 2. The number of halogens is 1. The lowest BCUT2D eigenvalue weighted by Gasteiger charge is -2.47. The average molecular weight is 425 g/mol. The van der Waals surface area contributed by atoms with Gasteiger partial charge in [-0.1, -0.05) is 11.6 Å². The summed E-state index contributed by atoms with van der Waals surface area (Å²) in [6.07, 6.45) is 1.56. The molecule has 1 aromatic carbocycles. The van der Waals surface area contributed by atoms with Crippen LogP contribution >= 0.6 is 23.4 Å². The van der Waals surface area contributed by atoms with E-state index in [0.29, 0.717) is 11.3 Å². The Labute approximate surface area is 170 Å². The number of esters is 1. The molecular formula is C17H17ClN4O5S. The summed E-state index contributed by atoms with van der Waals surface area (Å²) in [5.41, 5.74) is 0.568. The number of fused-ring (bicyclic) bond motifs is 1. The Morgan fingerprint density at radius 3 is 2.75 bits per heavy atom. The zero-order valence-corrected chi connectivity index (χ0v) is 16.6. The first kappa shape index (κ1) is 20.2. The Morgan fingerprint density at radius 1 is 1.46 bits per heavy atom. The number of nitrogens with zero attached hydrogens (tertiary/aromatic N) is 4. The quantitative estimate of drug-likeness (QED) is 0.171. The first-order valence-electron chi connectivity index (χ1n) is 8.23. The van der Waals surface area contributed by atoms with E-state index in [1.54, 1.807) is 25.3 Å². The molecule has 9 nitrogen and oxygen atoms in total. The van der Waals surface area contributed by atoms with Crippen LogP contribution in [0.15, 0.2) is 40.0 Å². The van der Waals surface area contributed by atoms with Crippen molar-refractivity contribution >= 4 is 47.3 Å². The van der Waals surface area contributed by atoms with Crippen molar-refractivity contribution in [2.75, 3.05) is 19.8 Å². The van der Waals surface area contributed by atoms with Crippen LogP contribution in [0.3, 0.4) is 0 Å². The van der Waals surface area contributed by atoms with Crippen molar-refractivity contribution in [2.45, 2.75) is 18.0 Å². The smallest absolute Gasteiger partial charge is 0.356 e. The van der Waals surface area contributed by atoms with Gasteiger partial charge in [0.25, 0.3) is 11.6 Å². The summed E-state index contributed by atoms with van der Waals surface area (Å²) in [5, 5.41) is 10.6. The first-order valence-corrected chi connectivity index (χ1v) is 9.65. The van der Waals surface area contributed by atoms with Crippen LogP contribution in [-0.4, -0.2) is 64.2 Å². The standard InChI is InChI=1S/C17H17ClN4O5S/c1-20(2)9-19-13-15(23)21-14(12(18)8-28-16(13)21)17(24)27-7-10-3-5-11(6-4-10)22(25)26/h3-6,9,13,16H,7-8H2,1-2H3/b19-9+/t13-,16-/m1/s1. The van der Waals surface area contributed by atoms with Gasteiger partial charge in [0.15, 0.2) is 6.04 Å². The molecule has 1 amide bonds. The third-order valence-electron chi connectivity index (χ3n) is 4.06. The first-order chi connectivity index (χ1) is 13.3. The maximum Gasteiger partial charge on any atom is 0.356 e. The zero-order chi connectivity index (χ0) is 20.4. The summed E-state index contributed by atoms with van der Waals surface area (Å²) >= 11 is 7.63. The van der Waals surface area contributed by atoms with Gasteiger partial charge in [0.2, 0.25) is 0 Å². The van der Waals surface area contributed by atoms with Gasteiger partial charge in [-0.3, -0.25) is 24.8 Å². The number of nitro benzene ring substituents is 1.